The summed E-state index contributed by atoms with van der Waals surface area (Å²) in [6.45, 7) is 3.92. The maximum atomic E-state index is 12.5. The molecule has 112 valence electrons. The van der Waals surface area contributed by atoms with Crippen LogP contribution >= 0.6 is 0 Å². The van der Waals surface area contributed by atoms with Gasteiger partial charge in [-0.3, -0.25) is 0 Å². The number of ether oxygens (including phenoxy) is 2. The molecule has 0 atom stereocenters. The molecular formula is C12H19N3O4S. The molecule has 1 spiro atoms. The predicted molar refractivity (Wildman–Crippen MR) is 70.6 cm³/mol. The van der Waals surface area contributed by atoms with Crippen LogP contribution in [-0.2, 0) is 25.9 Å². The number of hydrogen-bond acceptors (Lipinski definition) is 5. The van der Waals surface area contributed by atoms with Crippen molar-refractivity contribution in [1.29, 1.82) is 0 Å². The number of aromatic amines is 1. The normalized spacial score (nSPS) is 23.4. The van der Waals surface area contributed by atoms with E-state index in [9.17, 15) is 8.42 Å². The number of nitrogens with one attached hydrogen (secondary N) is 1. The lowest BCUT2D eigenvalue weighted by Gasteiger charge is -2.36. The van der Waals surface area contributed by atoms with Crippen LogP contribution in [0.25, 0.3) is 0 Å². The zero-order valence-corrected chi connectivity index (χ0v) is 12.3. The maximum Gasteiger partial charge on any atom is 0.260 e. The number of imidazole rings is 1. The van der Waals surface area contributed by atoms with E-state index in [0.29, 0.717) is 51.4 Å². The second kappa shape index (κ2) is 5.10. The van der Waals surface area contributed by atoms with Gasteiger partial charge in [-0.15, -0.1) is 0 Å². The van der Waals surface area contributed by atoms with Crippen LogP contribution in [0.5, 0.6) is 0 Å². The molecule has 1 N–H and O–H groups in total. The fourth-order valence-corrected chi connectivity index (χ4v) is 4.02. The Morgan fingerprint density at radius 1 is 1.35 bits per heavy atom. The Labute approximate surface area is 118 Å². The van der Waals surface area contributed by atoms with E-state index in [2.05, 4.69) is 9.97 Å². The average Bonchev–Trinajstić information content (AvgIpc) is 3.09. The van der Waals surface area contributed by atoms with Crippen molar-refractivity contribution in [2.24, 2.45) is 0 Å². The minimum Gasteiger partial charge on any atom is -0.347 e. The van der Waals surface area contributed by atoms with Gasteiger partial charge < -0.3 is 14.5 Å². The van der Waals surface area contributed by atoms with Gasteiger partial charge in [-0.1, -0.05) is 6.92 Å². The van der Waals surface area contributed by atoms with E-state index in [4.69, 9.17) is 9.47 Å². The first kappa shape index (κ1) is 14.0. The smallest absolute Gasteiger partial charge is 0.260 e. The Morgan fingerprint density at radius 3 is 2.55 bits per heavy atom. The molecule has 1 aromatic heterocycles. The standard InChI is InChI=1S/C12H19N3O4S/c1-2-10-13-9-11(14-10)20(16,17)15-5-3-12(4-6-15)18-7-8-19-12/h9H,2-8H2,1H3,(H,13,14). The number of nitrogens with zero attached hydrogens (tertiary/aromatic N) is 2. The molecule has 0 bridgehead atoms. The zero-order valence-electron chi connectivity index (χ0n) is 11.5. The minimum atomic E-state index is -3.49. The fourth-order valence-electron chi connectivity index (χ4n) is 2.65. The molecule has 3 heterocycles. The summed E-state index contributed by atoms with van der Waals surface area (Å²) in [4.78, 5) is 6.91. The van der Waals surface area contributed by atoms with Crippen molar-refractivity contribution in [2.45, 2.75) is 37.0 Å². The fraction of sp³-hybridized carbons (Fsp3) is 0.750. The molecule has 2 aliphatic rings. The molecule has 3 rings (SSSR count). The van der Waals surface area contributed by atoms with Crippen LogP contribution in [0.15, 0.2) is 11.2 Å². The summed E-state index contributed by atoms with van der Waals surface area (Å²) in [5.74, 6) is 0.119. The molecule has 2 fully saturated rings. The van der Waals surface area contributed by atoms with Crippen molar-refractivity contribution >= 4 is 10.0 Å². The molecule has 0 saturated carbocycles. The highest BCUT2D eigenvalue weighted by atomic mass is 32.2. The third-order valence-electron chi connectivity index (χ3n) is 3.86. The van der Waals surface area contributed by atoms with Crippen LogP contribution in [0.3, 0.4) is 0 Å². The van der Waals surface area contributed by atoms with Crippen molar-refractivity contribution in [3.63, 3.8) is 0 Å². The molecule has 2 aliphatic heterocycles. The Bertz CT molecular complexity index is 567. The first-order valence-electron chi connectivity index (χ1n) is 6.88. The summed E-state index contributed by atoms with van der Waals surface area (Å²) in [7, 11) is -3.49. The Morgan fingerprint density at radius 2 is 2.00 bits per heavy atom. The topological polar surface area (TPSA) is 84.5 Å². The van der Waals surface area contributed by atoms with E-state index in [0.717, 1.165) is 0 Å². The van der Waals surface area contributed by atoms with Crippen LogP contribution < -0.4 is 0 Å². The Balaban J connectivity index is 1.73. The molecular weight excluding hydrogens is 282 g/mol. The van der Waals surface area contributed by atoms with Crippen LogP contribution in [0.1, 0.15) is 25.6 Å². The Kier molecular flexibility index (Phi) is 3.57. The van der Waals surface area contributed by atoms with Crippen molar-refractivity contribution in [3.05, 3.63) is 12.0 Å². The highest BCUT2D eigenvalue weighted by molar-refractivity contribution is 7.89. The molecule has 0 aromatic carbocycles. The summed E-state index contributed by atoms with van der Waals surface area (Å²) < 4.78 is 37.7. The number of H-pyrrole nitrogens is 1. The van der Waals surface area contributed by atoms with Crippen LogP contribution in [0.2, 0.25) is 0 Å². The van der Waals surface area contributed by atoms with Crippen molar-refractivity contribution in [3.8, 4) is 0 Å². The van der Waals surface area contributed by atoms with E-state index in [1.54, 1.807) is 0 Å². The molecule has 0 aliphatic carbocycles. The Hall–Kier alpha value is -0.960. The summed E-state index contributed by atoms with van der Waals surface area (Å²) in [5.41, 5.74) is 0. The summed E-state index contributed by atoms with van der Waals surface area (Å²) in [5, 5.41) is 0.165. The third-order valence-corrected chi connectivity index (χ3v) is 5.66. The highest BCUT2D eigenvalue weighted by Gasteiger charge is 2.42. The van der Waals surface area contributed by atoms with Crippen molar-refractivity contribution in [2.75, 3.05) is 26.3 Å². The van der Waals surface area contributed by atoms with Crippen molar-refractivity contribution < 1.29 is 17.9 Å². The predicted octanol–water partition coefficient (Wildman–Crippen LogP) is 0.500. The lowest BCUT2D eigenvalue weighted by molar-refractivity contribution is -0.179. The number of sulfonamides is 1. The molecule has 7 nitrogen and oxygen atoms in total. The number of piperidine rings is 1. The van der Waals surface area contributed by atoms with E-state index < -0.39 is 15.8 Å². The van der Waals surface area contributed by atoms with Gasteiger partial charge in [0.25, 0.3) is 10.0 Å². The van der Waals surface area contributed by atoms with E-state index in [1.807, 2.05) is 6.92 Å². The summed E-state index contributed by atoms with van der Waals surface area (Å²) in [6.07, 6.45) is 3.21. The molecule has 2 saturated heterocycles. The van der Waals surface area contributed by atoms with Crippen LogP contribution in [-0.4, -0.2) is 54.8 Å². The van der Waals surface area contributed by atoms with Gasteiger partial charge in [0.15, 0.2) is 10.8 Å². The molecule has 20 heavy (non-hydrogen) atoms. The van der Waals surface area contributed by atoms with Gasteiger partial charge in [0.05, 0.1) is 19.4 Å². The number of rotatable bonds is 3. The van der Waals surface area contributed by atoms with Gasteiger partial charge >= 0.3 is 0 Å². The first-order valence-corrected chi connectivity index (χ1v) is 8.32. The highest BCUT2D eigenvalue weighted by Crippen LogP contribution is 2.33. The van der Waals surface area contributed by atoms with Gasteiger partial charge in [-0.2, -0.15) is 4.31 Å². The molecule has 0 unspecified atom stereocenters. The lowest BCUT2D eigenvalue weighted by atomic mass is 10.1. The molecule has 8 heteroatoms. The number of aromatic nitrogens is 2. The molecule has 0 amide bonds. The first-order chi connectivity index (χ1) is 9.56. The van der Waals surface area contributed by atoms with Gasteiger partial charge in [-0.05, 0) is 0 Å². The quantitative estimate of drug-likeness (QED) is 0.879. The SMILES string of the molecule is CCc1ncc(S(=O)(=O)N2CCC3(CC2)OCCO3)[nH]1. The molecule has 0 radical (unpaired) electrons. The molecule has 1 aromatic rings. The van der Waals surface area contributed by atoms with Crippen LogP contribution in [0, 0.1) is 0 Å². The van der Waals surface area contributed by atoms with E-state index in [1.165, 1.54) is 10.5 Å². The monoisotopic (exact) mass is 301 g/mol. The lowest BCUT2D eigenvalue weighted by Crippen LogP contribution is -2.47. The van der Waals surface area contributed by atoms with Crippen LogP contribution in [0.4, 0.5) is 0 Å². The number of hydrogen-bond donors (Lipinski definition) is 1. The second-order valence-corrected chi connectivity index (χ2v) is 6.97. The van der Waals surface area contributed by atoms with E-state index in [-0.39, 0.29) is 5.03 Å². The van der Waals surface area contributed by atoms with E-state index >= 15 is 0 Å². The summed E-state index contributed by atoms with van der Waals surface area (Å²) >= 11 is 0. The van der Waals surface area contributed by atoms with Gasteiger partial charge in [0.2, 0.25) is 0 Å². The summed E-state index contributed by atoms with van der Waals surface area (Å²) in [6, 6.07) is 0. The second-order valence-electron chi connectivity index (χ2n) is 5.06. The minimum absolute atomic E-state index is 0.165. The number of aryl methyl sites for hydroxylation is 1. The maximum absolute atomic E-state index is 12.5. The van der Waals surface area contributed by atoms with Gasteiger partial charge in [0, 0.05) is 32.4 Å². The van der Waals surface area contributed by atoms with Gasteiger partial charge in [-0.25, -0.2) is 13.4 Å². The van der Waals surface area contributed by atoms with Crippen molar-refractivity contribution in [1.82, 2.24) is 14.3 Å². The average molecular weight is 301 g/mol. The zero-order chi connectivity index (χ0) is 14.2. The third kappa shape index (κ3) is 2.37. The van der Waals surface area contributed by atoms with Gasteiger partial charge in [0.1, 0.15) is 5.82 Å². The largest absolute Gasteiger partial charge is 0.347 e.